The van der Waals surface area contributed by atoms with Gasteiger partial charge in [-0.1, -0.05) is 36.4 Å². The van der Waals surface area contributed by atoms with E-state index in [-0.39, 0.29) is 12.4 Å². The van der Waals surface area contributed by atoms with Crippen LogP contribution in [0.5, 0.6) is 5.75 Å². The molecular formula is C25H19ClF3N3O. The highest BCUT2D eigenvalue weighted by molar-refractivity contribution is 5.85. The predicted octanol–water partition coefficient (Wildman–Crippen LogP) is 7.62. The summed E-state index contributed by atoms with van der Waals surface area (Å²) in [4.78, 5) is 10.7. The molecule has 0 saturated carbocycles. The molecular weight excluding hydrogens is 451 g/mol. The molecule has 33 heavy (non-hydrogen) atoms. The summed E-state index contributed by atoms with van der Waals surface area (Å²) in [7, 11) is 0. The first-order valence-electron chi connectivity index (χ1n) is 9.76. The molecule has 1 aromatic heterocycles. The fraction of sp³-hybridized carbons (Fsp3) is 0.120. The lowest BCUT2D eigenvalue weighted by atomic mass is 10.1. The number of aromatic amines is 1. The maximum absolute atomic E-state index is 13.0. The van der Waals surface area contributed by atoms with Crippen LogP contribution in [0.15, 0.2) is 72.9 Å². The number of rotatable bonds is 5. The number of hydrogen-bond acceptors (Lipinski definition) is 2. The molecule has 0 aliphatic rings. The third kappa shape index (κ3) is 5.54. The van der Waals surface area contributed by atoms with Gasteiger partial charge < -0.3 is 9.72 Å². The van der Waals surface area contributed by atoms with E-state index < -0.39 is 11.7 Å². The second kappa shape index (κ2) is 9.80. The molecule has 0 radical (unpaired) electrons. The van der Waals surface area contributed by atoms with Crippen molar-refractivity contribution in [2.24, 2.45) is 0 Å². The van der Waals surface area contributed by atoms with E-state index >= 15 is 0 Å². The van der Waals surface area contributed by atoms with Crippen LogP contribution in [-0.4, -0.2) is 9.97 Å². The molecule has 4 aromatic rings. The highest BCUT2D eigenvalue weighted by Gasteiger charge is 2.30. The molecule has 1 N–H and O–H groups in total. The molecule has 4 nitrogen and oxygen atoms in total. The van der Waals surface area contributed by atoms with Crippen LogP contribution in [0.25, 0.3) is 27.5 Å². The minimum atomic E-state index is -4.41. The zero-order valence-electron chi connectivity index (χ0n) is 17.5. The Balaban J connectivity index is 0.00000306. The van der Waals surface area contributed by atoms with E-state index in [1.807, 2.05) is 37.3 Å². The van der Waals surface area contributed by atoms with Gasteiger partial charge >= 0.3 is 6.18 Å². The number of ether oxygens (including phenoxy) is 1. The fourth-order valence-corrected chi connectivity index (χ4v) is 3.26. The van der Waals surface area contributed by atoms with Crippen LogP contribution in [0.3, 0.4) is 0 Å². The van der Waals surface area contributed by atoms with Gasteiger partial charge in [0.1, 0.15) is 18.2 Å². The molecule has 168 valence electrons. The topological polar surface area (TPSA) is 42.3 Å². The molecule has 8 heteroatoms. The standard InChI is InChI=1S/C25H18F3N3O.ClH/c1-16-12-18(8-11-23(16)32-15-17-6-9-21(29-2)10-7-17)22-14-30-24(31-22)19-4-3-5-20(13-19)25(26,27)28;/h3-14H,15H2,1H3,(H,30,31);1H. The van der Waals surface area contributed by atoms with Crippen molar-refractivity contribution in [3.63, 3.8) is 0 Å². The first kappa shape index (κ1) is 23.9. The minimum absolute atomic E-state index is 0. The number of aromatic nitrogens is 2. The molecule has 0 atom stereocenters. The summed E-state index contributed by atoms with van der Waals surface area (Å²) in [5, 5.41) is 0. The zero-order chi connectivity index (χ0) is 22.7. The fourth-order valence-electron chi connectivity index (χ4n) is 3.26. The molecule has 1 heterocycles. The number of benzene rings is 3. The van der Waals surface area contributed by atoms with Crippen LogP contribution in [0.2, 0.25) is 0 Å². The Hall–Kier alpha value is -3.76. The van der Waals surface area contributed by atoms with Gasteiger partial charge in [-0.05, 0) is 48.4 Å². The molecule has 0 aliphatic carbocycles. The summed E-state index contributed by atoms with van der Waals surface area (Å²) in [6.07, 6.45) is -2.80. The first-order valence-corrected chi connectivity index (χ1v) is 9.76. The van der Waals surface area contributed by atoms with Gasteiger partial charge in [0, 0.05) is 11.1 Å². The van der Waals surface area contributed by atoms with Crippen molar-refractivity contribution in [2.75, 3.05) is 0 Å². The van der Waals surface area contributed by atoms with Crippen molar-refractivity contribution >= 4 is 18.1 Å². The molecule has 0 fully saturated rings. The monoisotopic (exact) mass is 469 g/mol. The van der Waals surface area contributed by atoms with Gasteiger partial charge in [-0.2, -0.15) is 13.2 Å². The predicted molar refractivity (Wildman–Crippen MR) is 123 cm³/mol. The zero-order valence-corrected chi connectivity index (χ0v) is 18.3. The SMILES string of the molecule is Cl.[C-]#[N+]c1ccc(COc2ccc(-c3cnc(-c4cccc(C(F)(F)F)c4)[nH]3)cc2C)cc1. The van der Waals surface area contributed by atoms with Crippen LogP contribution in [0.1, 0.15) is 16.7 Å². The van der Waals surface area contributed by atoms with E-state index in [2.05, 4.69) is 14.8 Å². The average Bonchev–Trinajstić information content (AvgIpc) is 3.28. The Morgan fingerprint density at radius 2 is 1.76 bits per heavy atom. The molecule has 0 aliphatic heterocycles. The highest BCUT2D eigenvalue weighted by Crippen LogP contribution is 2.32. The van der Waals surface area contributed by atoms with Gasteiger partial charge in [0.25, 0.3) is 0 Å². The van der Waals surface area contributed by atoms with Gasteiger partial charge in [-0.15, -0.1) is 12.4 Å². The number of hydrogen-bond donors (Lipinski definition) is 1. The molecule has 4 rings (SSSR count). The first-order chi connectivity index (χ1) is 15.3. The van der Waals surface area contributed by atoms with Gasteiger partial charge in [0.2, 0.25) is 0 Å². The number of aryl methyl sites for hydroxylation is 1. The number of nitrogens with zero attached hydrogens (tertiary/aromatic N) is 2. The van der Waals surface area contributed by atoms with Crippen molar-refractivity contribution in [1.29, 1.82) is 0 Å². The van der Waals surface area contributed by atoms with Crippen LogP contribution >= 0.6 is 12.4 Å². The Morgan fingerprint density at radius 3 is 2.42 bits per heavy atom. The average molecular weight is 470 g/mol. The Labute approximate surface area is 195 Å². The van der Waals surface area contributed by atoms with Gasteiger partial charge in [0.15, 0.2) is 5.69 Å². The quantitative estimate of drug-likeness (QED) is 0.305. The molecule has 0 spiro atoms. The number of halogens is 4. The van der Waals surface area contributed by atoms with E-state index in [0.29, 0.717) is 29.4 Å². The number of nitrogens with one attached hydrogen (secondary N) is 1. The van der Waals surface area contributed by atoms with E-state index in [1.165, 1.54) is 6.07 Å². The van der Waals surface area contributed by atoms with E-state index in [4.69, 9.17) is 11.3 Å². The molecule has 0 amide bonds. The van der Waals surface area contributed by atoms with E-state index in [9.17, 15) is 13.2 Å². The lowest BCUT2D eigenvalue weighted by Crippen LogP contribution is -2.04. The third-order valence-corrected chi connectivity index (χ3v) is 4.98. The smallest absolute Gasteiger partial charge is 0.416 e. The summed E-state index contributed by atoms with van der Waals surface area (Å²) < 4.78 is 44.9. The normalized spacial score (nSPS) is 10.9. The maximum atomic E-state index is 13.0. The van der Waals surface area contributed by atoms with Gasteiger partial charge in [0.05, 0.1) is 24.0 Å². The summed E-state index contributed by atoms with van der Waals surface area (Å²) in [6.45, 7) is 9.29. The number of imidazole rings is 1. The Morgan fingerprint density at radius 1 is 1.00 bits per heavy atom. The lowest BCUT2D eigenvalue weighted by Gasteiger charge is -2.10. The molecule has 0 bridgehead atoms. The van der Waals surface area contributed by atoms with Crippen molar-refractivity contribution < 1.29 is 17.9 Å². The second-order valence-electron chi connectivity index (χ2n) is 7.27. The lowest BCUT2D eigenvalue weighted by molar-refractivity contribution is -0.137. The van der Waals surface area contributed by atoms with Crippen LogP contribution in [-0.2, 0) is 12.8 Å². The molecule has 3 aromatic carbocycles. The van der Waals surface area contributed by atoms with Crippen molar-refractivity contribution in [3.05, 3.63) is 101 Å². The third-order valence-electron chi connectivity index (χ3n) is 4.98. The van der Waals surface area contributed by atoms with Crippen molar-refractivity contribution in [1.82, 2.24) is 9.97 Å². The molecule has 0 unspecified atom stereocenters. The van der Waals surface area contributed by atoms with Crippen LogP contribution in [0, 0.1) is 13.5 Å². The highest BCUT2D eigenvalue weighted by atomic mass is 35.5. The second-order valence-corrected chi connectivity index (χ2v) is 7.27. The number of alkyl halides is 3. The van der Waals surface area contributed by atoms with Crippen LogP contribution in [0.4, 0.5) is 18.9 Å². The van der Waals surface area contributed by atoms with E-state index in [0.717, 1.165) is 34.6 Å². The van der Waals surface area contributed by atoms with E-state index in [1.54, 1.807) is 24.4 Å². The Bertz CT molecular complexity index is 1290. The largest absolute Gasteiger partial charge is 0.489 e. The van der Waals surface area contributed by atoms with Crippen LogP contribution < -0.4 is 4.74 Å². The van der Waals surface area contributed by atoms with Crippen molar-refractivity contribution in [2.45, 2.75) is 19.7 Å². The minimum Gasteiger partial charge on any atom is -0.489 e. The van der Waals surface area contributed by atoms with Crippen molar-refractivity contribution in [3.8, 4) is 28.4 Å². The summed E-state index contributed by atoms with van der Waals surface area (Å²) >= 11 is 0. The maximum Gasteiger partial charge on any atom is 0.416 e. The molecule has 0 saturated heterocycles. The van der Waals surface area contributed by atoms with Gasteiger partial charge in [-0.3, -0.25) is 0 Å². The Kier molecular flexibility index (Phi) is 7.10. The summed E-state index contributed by atoms with van der Waals surface area (Å²) in [5.41, 5.74) is 3.65. The summed E-state index contributed by atoms with van der Waals surface area (Å²) in [5.74, 6) is 1.09. The van der Waals surface area contributed by atoms with Gasteiger partial charge in [-0.25, -0.2) is 9.83 Å². The number of H-pyrrole nitrogens is 1. The summed E-state index contributed by atoms with van der Waals surface area (Å²) in [6, 6.07) is 17.9.